The van der Waals surface area contributed by atoms with Gasteiger partial charge in [-0.25, -0.2) is 0 Å². The number of rotatable bonds is 4. The van der Waals surface area contributed by atoms with Gasteiger partial charge in [0.1, 0.15) is 23.0 Å². The van der Waals surface area contributed by atoms with Crippen LogP contribution in [0.3, 0.4) is 0 Å². The zero-order valence-electron chi connectivity index (χ0n) is 16.0. The number of carbonyl (C=O) groups is 1. The molecule has 2 N–H and O–H groups in total. The van der Waals surface area contributed by atoms with E-state index in [2.05, 4.69) is 0 Å². The first-order chi connectivity index (χ1) is 14.1. The summed E-state index contributed by atoms with van der Waals surface area (Å²) in [5, 5.41) is 18.8. The zero-order chi connectivity index (χ0) is 20.2. The van der Waals surface area contributed by atoms with Gasteiger partial charge in [0, 0.05) is 18.7 Å². The Hall–Kier alpha value is -3.47. The summed E-state index contributed by atoms with van der Waals surface area (Å²) in [5.41, 5.74) is 1.81. The van der Waals surface area contributed by atoms with Crippen molar-refractivity contribution in [3.8, 4) is 23.0 Å². The maximum Gasteiger partial charge on any atom is 0.253 e. The number of hydrogen-bond donors (Lipinski definition) is 2. The molecule has 3 aromatic carbocycles. The van der Waals surface area contributed by atoms with E-state index in [4.69, 9.17) is 4.74 Å². The molecule has 148 valence electrons. The summed E-state index contributed by atoms with van der Waals surface area (Å²) in [6.07, 6.45) is 1.81. The van der Waals surface area contributed by atoms with Gasteiger partial charge in [-0.1, -0.05) is 18.2 Å². The Bertz CT molecular complexity index is 975. The molecule has 0 saturated carbocycles. The second kappa shape index (κ2) is 8.27. The third kappa shape index (κ3) is 4.51. The van der Waals surface area contributed by atoms with E-state index in [0.717, 1.165) is 12.8 Å². The molecule has 5 nitrogen and oxygen atoms in total. The van der Waals surface area contributed by atoms with Crippen LogP contribution in [0.25, 0.3) is 0 Å². The van der Waals surface area contributed by atoms with Gasteiger partial charge in [0.2, 0.25) is 0 Å². The number of phenols is 2. The normalized spacial score (nSPS) is 14.6. The summed E-state index contributed by atoms with van der Waals surface area (Å²) in [4.78, 5) is 14.8. The maximum absolute atomic E-state index is 12.9. The molecule has 1 aliphatic rings. The SMILES string of the molecule is O=C(c1cccc(Oc2ccc(O)cc2)c1)N1CCC(c2ccc(O)cc2)CC1. The van der Waals surface area contributed by atoms with Gasteiger partial charge in [0.25, 0.3) is 5.91 Å². The van der Waals surface area contributed by atoms with Gasteiger partial charge >= 0.3 is 0 Å². The first-order valence-electron chi connectivity index (χ1n) is 9.73. The van der Waals surface area contributed by atoms with E-state index >= 15 is 0 Å². The molecule has 0 bridgehead atoms. The van der Waals surface area contributed by atoms with Crippen molar-refractivity contribution in [2.75, 3.05) is 13.1 Å². The van der Waals surface area contributed by atoms with Crippen LogP contribution >= 0.6 is 0 Å². The molecular weight excluding hydrogens is 366 g/mol. The molecule has 0 radical (unpaired) electrons. The van der Waals surface area contributed by atoms with Crippen LogP contribution in [0.5, 0.6) is 23.0 Å². The van der Waals surface area contributed by atoms with E-state index in [0.29, 0.717) is 36.1 Å². The lowest BCUT2D eigenvalue weighted by Gasteiger charge is -2.32. The standard InChI is InChI=1S/C24H23NO4/c26-20-6-4-17(5-7-20)18-12-14-25(15-13-18)24(28)19-2-1-3-23(16-19)29-22-10-8-21(27)9-11-22/h1-11,16,18,26-27H,12-15H2. The van der Waals surface area contributed by atoms with Gasteiger partial charge in [-0.05, 0) is 78.9 Å². The van der Waals surface area contributed by atoms with Gasteiger partial charge in [0.15, 0.2) is 0 Å². The highest BCUT2D eigenvalue weighted by Gasteiger charge is 2.24. The number of nitrogens with zero attached hydrogens (tertiary/aromatic N) is 1. The monoisotopic (exact) mass is 389 g/mol. The smallest absolute Gasteiger partial charge is 0.253 e. The van der Waals surface area contributed by atoms with E-state index in [9.17, 15) is 15.0 Å². The van der Waals surface area contributed by atoms with Gasteiger partial charge in [0.05, 0.1) is 0 Å². The van der Waals surface area contributed by atoms with Crippen molar-refractivity contribution in [2.45, 2.75) is 18.8 Å². The van der Waals surface area contributed by atoms with Crippen LogP contribution in [0, 0.1) is 0 Å². The minimum atomic E-state index is 0.00492. The highest BCUT2D eigenvalue weighted by molar-refractivity contribution is 5.94. The Morgan fingerprint density at radius 1 is 0.828 bits per heavy atom. The van der Waals surface area contributed by atoms with Crippen LogP contribution in [0.2, 0.25) is 0 Å². The number of benzene rings is 3. The molecule has 0 aliphatic carbocycles. The summed E-state index contributed by atoms with van der Waals surface area (Å²) in [6.45, 7) is 1.40. The molecule has 1 aliphatic heterocycles. The summed E-state index contributed by atoms with van der Waals surface area (Å²) < 4.78 is 5.79. The fourth-order valence-electron chi connectivity index (χ4n) is 3.69. The average molecular weight is 389 g/mol. The second-order valence-corrected chi connectivity index (χ2v) is 7.28. The maximum atomic E-state index is 12.9. The number of amides is 1. The molecule has 29 heavy (non-hydrogen) atoms. The molecular formula is C24H23NO4. The Balaban J connectivity index is 1.39. The van der Waals surface area contributed by atoms with E-state index in [1.54, 1.807) is 54.6 Å². The Kier molecular flexibility index (Phi) is 5.38. The number of likely N-dealkylation sites (tertiary alicyclic amines) is 1. The van der Waals surface area contributed by atoms with Crippen molar-refractivity contribution in [2.24, 2.45) is 0 Å². The molecule has 4 rings (SSSR count). The molecule has 1 fully saturated rings. The second-order valence-electron chi connectivity index (χ2n) is 7.28. The summed E-state index contributed by atoms with van der Waals surface area (Å²) in [6, 6.07) is 21.0. The minimum Gasteiger partial charge on any atom is -0.508 e. The van der Waals surface area contributed by atoms with Gasteiger partial charge in [-0.2, -0.15) is 0 Å². The Labute approximate surface area is 169 Å². The molecule has 0 unspecified atom stereocenters. The predicted octanol–water partition coefficient (Wildman–Crippen LogP) is 4.91. The van der Waals surface area contributed by atoms with E-state index in [1.165, 1.54) is 5.56 Å². The van der Waals surface area contributed by atoms with E-state index < -0.39 is 0 Å². The molecule has 1 heterocycles. The quantitative estimate of drug-likeness (QED) is 0.665. The summed E-state index contributed by atoms with van der Waals surface area (Å²) in [5.74, 6) is 2.05. The highest BCUT2D eigenvalue weighted by atomic mass is 16.5. The number of piperidine rings is 1. The predicted molar refractivity (Wildman–Crippen MR) is 111 cm³/mol. The Morgan fingerprint density at radius 3 is 2.10 bits per heavy atom. The van der Waals surface area contributed by atoms with Crippen molar-refractivity contribution in [3.63, 3.8) is 0 Å². The highest BCUT2D eigenvalue weighted by Crippen LogP contribution is 2.30. The van der Waals surface area contributed by atoms with E-state index in [-0.39, 0.29) is 17.4 Å². The zero-order valence-corrected chi connectivity index (χ0v) is 16.0. The number of carbonyl (C=O) groups excluding carboxylic acids is 1. The molecule has 0 atom stereocenters. The van der Waals surface area contributed by atoms with Crippen molar-refractivity contribution in [1.82, 2.24) is 4.90 Å². The van der Waals surface area contributed by atoms with Gasteiger partial charge < -0.3 is 19.8 Å². The lowest BCUT2D eigenvalue weighted by Crippen LogP contribution is -2.37. The fourth-order valence-corrected chi connectivity index (χ4v) is 3.69. The first-order valence-corrected chi connectivity index (χ1v) is 9.73. The first kappa shape index (κ1) is 18.9. The molecule has 1 amide bonds. The molecule has 3 aromatic rings. The average Bonchev–Trinajstić information content (AvgIpc) is 2.76. The number of aromatic hydroxyl groups is 2. The lowest BCUT2D eigenvalue weighted by atomic mass is 9.89. The van der Waals surface area contributed by atoms with Crippen LogP contribution < -0.4 is 4.74 Å². The topological polar surface area (TPSA) is 70.0 Å². The number of hydrogen-bond acceptors (Lipinski definition) is 4. The van der Waals surface area contributed by atoms with Crippen LogP contribution in [0.15, 0.2) is 72.8 Å². The number of phenolic OH excluding ortho intramolecular Hbond substituents is 2. The van der Waals surface area contributed by atoms with Crippen molar-refractivity contribution < 1.29 is 19.7 Å². The minimum absolute atomic E-state index is 0.00492. The van der Waals surface area contributed by atoms with Crippen molar-refractivity contribution in [3.05, 3.63) is 83.9 Å². The molecule has 1 saturated heterocycles. The summed E-state index contributed by atoms with van der Waals surface area (Å²) >= 11 is 0. The van der Waals surface area contributed by atoms with E-state index in [1.807, 2.05) is 23.1 Å². The third-order valence-electron chi connectivity index (χ3n) is 5.30. The fraction of sp³-hybridized carbons (Fsp3) is 0.208. The Morgan fingerprint density at radius 2 is 1.45 bits per heavy atom. The van der Waals surface area contributed by atoms with Crippen LogP contribution in [-0.2, 0) is 0 Å². The van der Waals surface area contributed by atoms with Crippen molar-refractivity contribution in [1.29, 1.82) is 0 Å². The largest absolute Gasteiger partial charge is 0.508 e. The van der Waals surface area contributed by atoms with Gasteiger partial charge in [-0.15, -0.1) is 0 Å². The van der Waals surface area contributed by atoms with Crippen LogP contribution in [0.4, 0.5) is 0 Å². The van der Waals surface area contributed by atoms with Crippen LogP contribution in [-0.4, -0.2) is 34.1 Å². The summed E-state index contributed by atoms with van der Waals surface area (Å²) in [7, 11) is 0. The molecule has 5 heteroatoms. The number of ether oxygens (including phenoxy) is 1. The molecule has 0 aromatic heterocycles. The van der Waals surface area contributed by atoms with Crippen LogP contribution in [0.1, 0.15) is 34.7 Å². The third-order valence-corrected chi connectivity index (χ3v) is 5.30. The lowest BCUT2D eigenvalue weighted by molar-refractivity contribution is 0.0712. The van der Waals surface area contributed by atoms with Gasteiger partial charge in [-0.3, -0.25) is 4.79 Å². The van der Waals surface area contributed by atoms with Crippen molar-refractivity contribution >= 4 is 5.91 Å². The molecule has 0 spiro atoms.